The van der Waals surface area contributed by atoms with E-state index >= 15 is 0 Å². The number of nitrogens with one attached hydrogen (secondary N) is 1. The molecule has 2 rings (SSSR count). The first-order valence-corrected chi connectivity index (χ1v) is 4.88. The summed E-state index contributed by atoms with van der Waals surface area (Å²) in [6.45, 7) is 0. The third kappa shape index (κ3) is 1.21. The number of methoxy groups -OCH3 is 1. The number of aromatic amines is 1. The van der Waals surface area contributed by atoms with Crippen LogP contribution in [0.4, 0.5) is 10.2 Å². The van der Waals surface area contributed by atoms with E-state index in [2.05, 4.69) is 32.8 Å². The minimum absolute atomic E-state index is 0.186. The van der Waals surface area contributed by atoms with Gasteiger partial charge in [0, 0.05) is 3.57 Å². The molecule has 0 aliphatic carbocycles. The van der Waals surface area contributed by atoms with Crippen LogP contribution in [0.25, 0.3) is 10.9 Å². The average Bonchev–Trinajstić information content (AvgIpc) is 2.54. The van der Waals surface area contributed by atoms with Crippen LogP contribution in [0, 0.1) is 9.39 Å². The van der Waals surface area contributed by atoms with Crippen LogP contribution in [-0.2, 0) is 0 Å². The molecule has 1 aromatic carbocycles. The molecule has 0 atom stereocenters. The summed E-state index contributed by atoms with van der Waals surface area (Å²) in [5.74, 6) is 0.0172. The highest BCUT2D eigenvalue weighted by atomic mass is 127. The first-order valence-electron chi connectivity index (χ1n) is 3.80. The van der Waals surface area contributed by atoms with E-state index in [0.717, 1.165) is 3.57 Å². The van der Waals surface area contributed by atoms with Crippen molar-refractivity contribution in [2.75, 3.05) is 12.8 Å². The quantitative estimate of drug-likeness (QED) is 0.791. The number of H-pyrrole nitrogens is 1. The van der Waals surface area contributed by atoms with Gasteiger partial charge in [-0.25, -0.2) is 4.39 Å². The van der Waals surface area contributed by atoms with E-state index in [0.29, 0.717) is 11.2 Å². The second-order valence-electron chi connectivity index (χ2n) is 2.73. The van der Waals surface area contributed by atoms with Gasteiger partial charge < -0.3 is 10.5 Å². The van der Waals surface area contributed by atoms with E-state index in [-0.39, 0.29) is 11.3 Å². The molecule has 6 heteroatoms. The summed E-state index contributed by atoms with van der Waals surface area (Å²) in [6, 6.07) is 1.59. The highest BCUT2D eigenvalue weighted by Gasteiger charge is 2.15. The lowest BCUT2D eigenvalue weighted by Crippen LogP contribution is -1.92. The van der Waals surface area contributed by atoms with E-state index in [1.165, 1.54) is 7.11 Å². The maximum Gasteiger partial charge on any atom is 0.190 e. The maximum atomic E-state index is 13.6. The van der Waals surface area contributed by atoms with Crippen LogP contribution in [0.1, 0.15) is 0 Å². The molecule has 0 bridgehead atoms. The van der Waals surface area contributed by atoms with Gasteiger partial charge >= 0.3 is 0 Å². The number of nitrogen functional groups attached to an aromatic ring is 1. The number of fused-ring (bicyclic) bond motifs is 1. The van der Waals surface area contributed by atoms with Crippen molar-refractivity contribution in [1.29, 1.82) is 0 Å². The van der Waals surface area contributed by atoms with Crippen LogP contribution in [0.2, 0.25) is 0 Å². The molecule has 4 nitrogen and oxygen atoms in total. The Labute approximate surface area is 92.8 Å². The number of aromatic nitrogens is 2. The lowest BCUT2D eigenvalue weighted by atomic mass is 10.2. The maximum absolute atomic E-state index is 13.6. The number of hydrogen-bond donors (Lipinski definition) is 2. The fourth-order valence-corrected chi connectivity index (χ4v) is 2.11. The molecule has 1 heterocycles. The van der Waals surface area contributed by atoms with Gasteiger partial charge in [0.05, 0.1) is 12.5 Å². The summed E-state index contributed by atoms with van der Waals surface area (Å²) in [5.41, 5.74) is 5.87. The second kappa shape index (κ2) is 3.26. The molecule has 0 spiro atoms. The summed E-state index contributed by atoms with van der Waals surface area (Å²) in [5, 5.41) is 6.88. The number of nitrogens with two attached hydrogens (primary N) is 1. The van der Waals surface area contributed by atoms with Crippen molar-refractivity contribution >= 4 is 39.3 Å². The van der Waals surface area contributed by atoms with Crippen molar-refractivity contribution in [2.45, 2.75) is 0 Å². The first kappa shape index (κ1) is 9.50. The molecule has 0 aliphatic heterocycles. The Kier molecular flexibility index (Phi) is 2.22. The van der Waals surface area contributed by atoms with E-state index in [4.69, 9.17) is 10.5 Å². The fourth-order valence-electron chi connectivity index (χ4n) is 1.28. The third-order valence-corrected chi connectivity index (χ3v) is 2.80. The molecular formula is C8H7FIN3O. The summed E-state index contributed by atoms with van der Waals surface area (Å²) >= 11 is 2.06. The molecule has 14 heavy (non-hydrogen) atoms. The molecule has 0 radical (unpaired) electrons. The van der Waals surface area contributed by atoms with Crippen LogP contribution >= 0.6 is 22.6 Å². The Hall–Kier alpha value is -1.05. The number of benzene rings is 1. The van der Waals surface area contributed by atoms with Crippen LogP contribution in [0.5, 0.6) is 5.75 Å². The minimum atomic E-state index is -0.466. The number of nitrogens with zero attached hydrogens (tertiary/aromatic N) is 1. The van der Waals surface area contributed by atoms with E-state index in [1.807, 2.05) is 0 Å². The Morgan fingerprint density at radius 2 is 2.36 bits per heavy atom. The average molecular weight is 307 g/mol. The molecular weight excluding hydrogens is 300 g/mol. The second-order valence-corrected chi connectivity index (χ2v) is 3.90. The van der Waals surface area contributed by atoms with Gasteiger partial charge in [0.15, 0.2) is 17.4 Å². The zero-order chi connectivity index (χ0) is 10.3. The van der Waals surface area contributed by atoms with Crippen molar-refractivity contribution in [1.82, 2.24) is 10.2 Å². The molecule has 74 valence electrons. The highest BCUT2D eigenvalue weighted by Crippen LogP contribution is 2.32. The number of hydrogen-bond acceptors (Lipinski definition) is 3. The van der Waals surface area contributed by atoms with Gasteiger partial charge in [0.25, 0.3) is 0 Å². The molecule has 0 aliphatic rings. The SMILES string of the molecule is COc1cc(I)c2c(N)n[nH]c2c1F. The van der Waals surface area contributed by atoms with Gasteiger partial charge in [-0.1, -0.05) is 0 Å². The first-order chi connectivity index (χ1) is 6.65. The third-order valence-electron chi connectivity index (χ3n) is 1.95. The summed E-state index contributed by atoms with van der Waals surface area (Å²) in [6.07, 6.45) is 0. The van der Waals surface area contributed by atoms with E-state index in [9.17, 15) is 4.39 Å². The topological polar surface area (TPSA) is 63.9 Å². The molecule has 0 saturated carbocycles. The van der Waals surface area contributed by atoms with E-state index < -0.39 is 5.82 Å². The van der Waals surface area contributed by atoms with Crippen molar-refractivity contribution in [3.8, 4) is 5.75 Å². The number of anilines is 1. The number of halogens is 2. The van der Waals surface area contributed by atoms with Crippen LogP contribution in [0.3, 0.4) is 0 Å². The molecule has 2 aromatic rings. The standard InChI is InChI=1S/C8H7FIN3O/c1-14-4-2-3(10)5-7(6(4)9)12-13-8(5)11/h2H,1H3,(H3,11,12,13). The smallest absolute Gasteiger partial charge is 0.190 e. The summed E-state index contributed by atoms with van der Waals surface area (Å²) in [4.78, 5) is 0. The molecule has 1 aromatic heterocycles. The lowest BCUT2D eigenvalue weighted by molar-refractivity contribution is 0.388. The molecule has 0 saturated heterocycles. The predicted molar refractivity (Wildman–Crippen MR) is 59.7 cm³/mol. The van der Waals surface area contributed by atoms with Gasteiger partial charge in [-0.05, 0) is 28.7 Å². The Bertz CT molecular complexity index is 497. The normalized spacial score (nSPS) is 10.8. The summed E-state index contributed by atoms with van der Waals surface area (Å²) < 4.78 is 19.3. The zero-order valence-corrected chi connectivity index (χ0v) is 9.42. The Balaban J connectivity index is 2.89. The van der Waals surface area contributed by atoms with Gasteiger partial charge in [-0.15, -0.1) is 0 Å². The predicted octanol–water partition coefficient (Wildman–Crippen LogP) is 1.90. The fraction of sp³-hybridized carbons (Fsp3) is 0.125. The molecule has 0 fully saturated rings. The largest absolute Gasteiger partial charge is 0.494 e. The number of ether oxygens (including phenoxy) is 1. The number of rotatable bonds is 1. The highest BCUT2D eigenvalue weighted by molar-refractivity contribution is 14.1. The van der Waals surface area contributed by atoms with Gasteiger partial charge in [-0.3, -0.25) is 5.10 Å². The van der Waals surface area contributed by atoms with Gasteiger partial charge in [0.1, 0.15) is 5.52 Å². The molecule has 0 unspecified atom stereocenters. The summed E-state index contributed by atoms with van der Waals surface area (Å²) in [7, 11) is 1.42. The monoisotopic (exact) mass is 307 g/mol. The minimum Gasteiger partial charge on any atom is -0.494 e. The zero-order valence-electron chi connectivity index (χ0n) is 7.27. The van der Waals surface area contributed by atoms with Crippen molar-refractivity contribution in [3.63, 3.8) is 0 Å². The van der Waals surface area contributed by atoms with Crippen molar-refractivity contribution in [3.05, 3.63) is 15.5 Å². The lowest BCUT2D eigenvalue weighted by Gasteiger charge is -2.03. The van der Waals surface area contributed by atoms with Gasteiger partial charge in [-0.2, -0.15) is 5.10 Å². The van der Waals surface area contributed by atoms with Crippen LogP contribution in [0.15, 0.2) is 6.07 Å². The Morgan fingerprint density at radius 3 is 3.00 bits per heavy atom. The van der Waals surface area contributed by atoms with E-state index in [1.54, 1.807) is 6.07 Å². The van der Waals surface area contributed by atoms with Crippen molar-refractivity contribution < 1.29 is 9.13 Å². The van der Waals surface area contributed by atoms with Crippen LogP contribution in [-0.4, -0.2) is 17.3 Å². The van der Waals surface area contributed by atoms with Crippen LogP contribution < -0.4 is 10.5 Å². The van der Waals surface area contributed by atoms with Crippen molar-refractivity contribution in [2.24, 2.45) is 0 Å². The molecule has 3 N–H and O–H groups in total. The Morgan fingerprint density at radius 1 is 1.64 bits per heavy atom. The molecule has 0 amide bonds. The van der Waals surface area contributed by atoms with Gasteiger partial charge in [0.2, 0.25) is 0 Å².